The number of hydrogen-bond acceptors (Lipinski definition) is 5. The normalized spacial score (nSPS) is 19.5. The van der Waals surface area contributed by atoms with E-state index in [1.165, 1.54) is 0 Å². The van der Waals surface area contributed by atoms with Gasteiger partial charge in [0.2, 0.25) is 5.91 Å². The lowest BCUT2D eigenvalue weighted by atomic mass is 9.82. The third kappa shape index (κ3) is 3.89. The summed E-state index contributed by atoms with van der Waals surface area (Å²) in [4.78, 5) is 40.2. The van der Waals surface area contributed by atoms with E-state index in [1.807, 2.05) is 6.92 Å². The van der Waals surface area contributed by atoms with Crippen LogP contribution in [0.15, 0.2) is 11.3 Å². The van der Waals surface area contributed by atoms with E-state index < -0.39 is 11.8 Å². The average molecular weight is 268 g/mol. The van der Waals surface area contributed by atoms with Crippen LogP contribution in [0.2, 0.25) is 0 Å². The van der Waals surface area contributed by atoms with Crippen LogP contribution in [0.5, 0.6) is 0 Å². The third-order valence-electron chi connectivity index (χ3n) is 2.97. The number of nitrogens with two attached hydrogens (primary N) is 1. The summed E-state index contributed by atoms with van der Waals surface area (Å²) in [6.07, 6.45) is 1.32. The number of hydrogen-bond donors (Lipinski definition) is 2. The topological polar surface area (TPSA) is 98.5 Å². The maximum atomic E-state index is 12.0. The second-order valence-corrected chi connectivity index (χ2v) is 4.49. The first-order chi connectivity index (χ1) is 9.01. The lowest BCUT2D eigenvalue weighted by molar-refractivity contribution is -0.132. The van der Waals surface area contributed by atoms with Gasteiger partial charge in [-0.2, -0.15) is 0 Å². The Morgan fingerprint density at radius 3 is 2.32 bits per heavy atom. The predicted octanol–water partition coefficient (Wildman–Crippen LogP) is 0.615. The van der Waals surface area contributed by atoms with Crippen molar-refractivity contribution in [2.75, 3.05) is 6.61 Å². The van der Waals surface area contributed by atoms with E-state index in [1.54, 1.807) is 6.92 Å². The molecule has 1 rings (SSSR count). The lowest BCUT2D eigenvalue weighted by Gasteiger charge is -2.22. The molecule has 0 bridgehead atoms. The van der Waals surface area contributed by atoms with Gasteiger partial charge in [0.25, 0.3) is 0 Å². The number of Topliss-reactive ketones (excluding diaryl/α,β-unsaturated/α-hetero) is 2. The van der Waals surface area contributed by atoms with Gasteiger partial charge in [-0.15, -0.1) is 0 Å². The van der Waals surface area contributed by atoms with E-state index in [0.29, 0.717) is 18.7 Å². The van der Waals surface area contributed by atoms with Crippen LogP contribution in [0.1, 0.15) is 39.5 Å². The fourth-order valence-corrected chi connectivity index (χ4v) is 2.05. The number of rotatable bonds is 6. The Morgan fingerprint density at radius 1 is 1.32 bits per heavy atom. The summed E-state index contributed by atoms with van der Waals surface area (Å²) < 4.78 is 0. The molecular formula is C13H20N2O4. The van der Waals surface area contributed by atoms with Crippen molar-refractivity contribution in [3.8, 4) is 0 Å². The molecule has 1 aliphatic carbocycles. The highest BCUT2D eigenvalue weighted by atomic mass is 16.6. The highest BCUT2D eigenvalue weighted by Gasteiger charge is 2.35. The van der Waals surface area contributed by atoms with Gasteiger partial charge in [0, 0.05) is 12.8 Å². The van der Waals surface area contributed by atoms with Crippen molar-refractivity contribution in [1.82, 2.24) is 5.48 Å². The maximum absolute atomic E-state index is 12.0. The molecule has 0 heterocycles. The van der Waals surface area contributed by atoms with E-state index >= 15 is 0 Å². The van der Waals surface area contributed by atoms with Crippen molar-refractivity contribution >= 4 is 17.5 Å². The number of carbonyl (C=O) groups is 3. The maximum Gasteiger partial charge on any atom is 0.221 e. The van der Waals surface area contributed by atoms with E-state index in [2.05, 4.69) is 5.48 Å². The molecule has 1 aliphatic rings. The van der Waals surface area contributed by atoms with E-state index in [-0.39, 0.29) is 30.0 Å². The van der Waals surface area contributed by atoms with E-state index in [0.717, 1.165) is 6.42 Å². The minimum absolute atomic E-state index is 0.00255. The van der Waals surface area contributed by atoms with E-state index in [4.69, 9.17) is 10.6 Å². The molecule has 1 fully saturated rings. The summed E-state index contributed by atoms with van der Waals surface area (Å²) in [5.74, 6) is -1.96. The van der Waals surface area contributed by atoms with Crippen LogP contribution in [0.4, 0.5) is 0 Å². The second-order valence-electron chi connectivity index (χ2n) is 4.49. The van der Waals surface area contributed by atoms with Gasteiger partial charge < -0.3 is 5.73 Å². The SMILES string of the molecule is CCCC(NOCC)=C1C(=O)CC(C(N)=O)CC1=O. The highest BCUT2D eigenvalue weighted by Crippen LogP contribution is 2.25. The number of carbonyl (C=O) groups excluding carboxylic acids is 3. The van der Waals surface area contributed by atoms with Gasteiger partial charge in [-0.25, -0.2) is 0 Å². The molecule has 19 heavy (non-hydrogen) atoms. The zero-order valence-corrected chi connectivity index (χ0v) is 11.3. The van der Waals surface area contributed by atoms with Crippen LogP contribution in [-0.4, -0.2) is 24.1 Å². The minimum atomic E-state index is -0.682. The Balaban J connectivity index is 2.98. The Hall–Kier alpha value is -1.69. The molecule has 0 saturated heterocycles. The Labute approximate surface area is 112 Å². The van der Waals surface area contributed by atoms with Crippen LogP contribution in [0.25, 0.3) is 0 Å². The first-order valence-electron chi connectivity index (χ1n) is 6.47. The highest BCUT2D eigenvalue weighted by molar-refractivity contribution is 6.23. The molecule has 1 saturated carbocycles. The van der Waals surface area contributed by atoms with E-state index in [9.17, 15) is 14.4 Å². The number of primary amides is 1. The van der Waals surface area contributed by atoms with Crippen LogP contribution in [0, 0.1) is 5.92 Å². The molecular weight excluding hydrogens is 248 g/mol. The molecule has 0 spiro atoms. The number of hydroxylamine groups is 1. The van der Waals surface area contributed by atoms with Crippen molar-refractivity contribution in [2.24, 2.45) is 11.7 Å². The third-order valence-corrected chi connectivity index (χ3v) is 2.97. The van der Waals surface area contributed by atoms with Crippen LogP contribution in [-0.2, 0) is 19.2 Å². The van der Waals surface area contributed by atoms with Crippen LogP contribution >= 0.6 is 0 Å². The van der Waals surface area contributed by atoms with Gasteiger partial charge in [0.1, 0.15) is 0 Å². The first-order valence-corrected chi connectivity index (χ1v) is 6.47. The molecule has 3 N–H and O–H groups in total. The number of nitrogens with one attached hydrogen (secondary N) is 1. The summed E-state index contributed by atoms with van der Waals surface area (Å²) in [6.45, 7) is 4.17. The molecule has 0 aliphatic heterocycles. The summed E-state index contributed by atoms with van der Waals surface area (Å²) in [5.41, 5.74) is 8.45. The molecule has 6 nitrogen and oxygen atoms in total. The summed E-state index contributed by atoms with van der Waals surface area (Å²) in [6, 6.07) is 0. The number of allylic oxidation sites excluding steroid dienone is 2. The Bertz CT molecular complexity index is 395. The molecule has 0 atom stereocenters. The van der Waals surface area contributed by atoms with Gasteiger partial charge in [0.15, 0.2) is 11.6 Å². The molecule has 0 aromatic heterocycles. The van der Waals surface area contributed by atoms with Gasteiger partial charge >= 0.3 is 0 Å². The van der Waals surface area contributed by atoms with Crippen molar-refractivity contribution in [3.05, 3.63) is 11.3 Å². The predicted molar refractivity (Wildman–Crippen MR) is 68.6 cm³/mol. The summed E-state index contributed by atoms with van der Waals surface area (Å²) in [5, 5.41) is 0. The summed E-state index contributed by atoms with van der Waals surface area (Å²) in [7, 11) is 0. The minimum Gasteiger partial charge on any atom is -0.369 e. The molecule has 0 aromatic rings. The monoisotopic (exact) mass is 268 g/mol. The van der Waals surface area contributed by atoms with Crippen molar-refractivity contribution in [3.63, 3.8) is 0 Å². The Kier molecular flexibility index (Phi) is 5.69. The first kappa shape index (κ1) is 15.4. The molecule has 0 unspecified atom stereocenters. The molecule has 1 amide bonds. The molecule has 0 radical (unpaired) electrons. The average Bonchev–Trinajstić information content (AvgIpc) is 2.34. The van der Waals surface area contributed by atoms with Gasteiger partial charge in [0.05, 0.1) is 23.8 Å². The quantitative estimate of drug-likeness (QED) is 0.418. The second kappa shape index (κ2) is 7.04. The zero-order valence-electron chi connectivity index (χ0n) is 11.3. The van der Waals surface area contributed by atoms with Crippen LogP contribution in [0.3, 0.4) is 0 Å². The van der Waals surface area contributed by atoms with Gasteiger partial charge in [-0.1, -0.05) is 13.3 Å². The number of ketones is 2. The molecule has 106 valence electrons. The van der Waals surface area contributed by atoms with Crippen molar-refractivity contribution in [1.29, 1.82) is 0 Å². The fourth-order valence-electron chi connectivity index (χ4n) is 2.05. The smallest absolute Gasteiger partial charge is 0.221 e. The zero-order chi connectivity index (χ0) is 14.4. The van der Waals surface area contributed by atoms with Crippen molar-refractivity contribution < 1.29 is 19.2 Å². The largest absolute Gasteiger partial charge is 0.369 e. The van der Waals surface area contributed by atoms with Gasteiger partial charge in [-0.3, -0.25) is 24.7 Å². The molecule has 0 aromatic carbocycles. The molecule has 6 heteroatoms. The fraction of sp³-hybridized carbons (Fsp3) is 0.615. The van der Waals surface area contributed by atoms with Gasteiger partial charge in [-0.05, 0) is 13.3 Å². The standard InChI is InChI=1S/C13H20N2O4/c1-3-5-9(15-19-4-2)12-10(16)6-8(13(14)18)7-11(12)17/h8,15H,3-7H2,1-2H3,(H2,14,18). The number of amides is 1. The lowest BCUT2D eigenvalue weighted by Crippen LogP contribution is -2.36. The summed E-state index contributed by atoms with van der Waals surface area (Å²) >= 11 is 0. The van der Waals surface area contributed by atoms with Crippen molar-refractivity contribution in [2.45, 2.75) is 39.5 Å². The Morgan fingerprint density at radius 2 is 1.89 bits per heavy atom. The van der Waals surface area contributed by atoms with Crippen LogP contribution < -0.4 is 11.2 Å².